The highest BCUT2D eigenvalue weighted by atomic mass is 16.5. The van der Waals surface area contributed by atoms with Crippen molar-refractivity contribution >= 4 is 17.9 Å². The molecule has 0 fully saturated rings. The van der Waals surface area contributed by atoms with E-state index < -0.39 is 0 Å². The fourth-order valence-corrected chi connectivity index (χ4v) is 2.64. The number of ether oxygens (including phenoxy) is 3. The van der Waals surface area contributed by atoms with Gasteiger partial charge < -0.3 is 24.4 Å². The van der Waals surface area contributed by atoms with Gasteiger partial charge >= 0.3 is 0 Å². The highest BCUT2D eigenvalue weighted by Crippen LogP contribution is 2.38. The van der Waals surface area contributed by atoms with Crippen molar-refractivity contribution in [2.24, 2.45) is 0 Å². The lowest BCUT2D eigenvalue weighted by atomic mass is 10.1. The molecule has 0 saturated heterocycles. The fraction of sp³-hybridized carbons (Fsp3) is 0.273. The topological polar surface area (TPSA) is 77.1 Å². The molecule has 29 heavy (non-hydrogen) atoms. The Balaban J connectivity index is 2.47. The van der Waals surface area contributed by atoms with Crippen LogP contribution in [0.4, 0.5) is 0 Å². The number of rotatable bonds is 7. The number of methoxy groups -OCH3 is 3. The predicted octanol–water partition coefficient (Wildman–Crippen LogP) is 2.88. The Morgan fingerprint density at radius 3 is 1.93 bits per heavy atom. The van der Waals surface area contributed by atoms with Crippen LogP contribution in [0.15, 0.2) is 42.1 Å². The fourth-order valence-electron chi connectivity index (χ4n) is 2.64. The number of hydrogen-bond acceptors (Lipinski definition) is 5. The minimum Gasteiger partial charge on any atom is -0.493 e. The van der Waals surface area contributed by atoms with E-state index in [1.807, 2.05) is 19.1 Å². The zero-order valence-electron chi connectivity index (χ0n) is 17.5. The maximum Gasteiger partial charge on any atom is 0.269 e. The number of benzene rings is 2. The van der Waals surface area contributed by atoms with Crippen LogP contribution in [0.3, 0.4) is 0 Å². The second kappa shape index (κ2) is 9.64. The van der Waals surface area contributed by atoms with Crippen molar-refractivity contribution in [3.63, 3.8) is 0 Å². The summed E-state index contributed by atoms with van der Waals surface area (Å²) in [6, 6.07) is 10.5. The highest BCUT2D eigenvalue weighted by Gasteiger charge is 2.18. The number of nitrogens with zero attached hydrogens (tertiary/aromatic N) is 1. The molecule has 7 heteroatoms. The monoisotopic (exact) mass is 398 g/mol. The van der Waals surface area contributed by atoms with Gasteiger partial charge in [-0.15, -0.1) is 0 Å². The molecule has 2 rings (SSSR count). The van der Waals surface area contributed by atoms with E-state index in [9.17, 15) is 9.59 Å². The highest BCUT2D eigenvalue weighted by molar-refractivity contribution is 6.05. The summed E-state index contributed by atoms with van der Waals surface area (Å²) in [5.74, 6) is 0.605. The van der Waals surface area contributed by atoms with Crippen LogP contribution in [0.1, 0.15) is 21.5 Å². The molecule has 0 radical (unpaired) electrons. The molecule has 7 nitrogen and oxygen atoms in total. The molecule has 0 heterocycles. The van der Waals surface area contributed by atoms with Crippen LogP contribution in [0.25, 0.3) is 6.08 Å². The van der Waals surface area contributed by atoms with Gasteiger partial charge in [0.05, 0.1) is 21.3 Å². The van der Waals surface area contributed by atoms with E-state index in [1.165, 1.54) is 26.2 Å². The number of hydrogen-bond donors (Lipinski definition) is 1. The molecule has 0 atom stereocenters. The van der Waals surface area contributed by atoms with Crippen molar-refractivity contribution in [1.82, 2.24) is 10.2 Å². The lowest BCUT2D eigenvalue weighted by Crippen LogP contribution is -2.34. The maximum absolute atomic E-state index is 12.7. The summed E-state index contributed by atoms with van der Waals surface area (Å²) in [6.07, 6.45) is 1.57. The van der Waals surface area contributed by atoms with Gasteiger partial charge in [-0.05, 0) is 42.8 Å². The van der Waals surface area contributed by atoms with Gasteiger partial charge in [0.25, 0.3) is 11.8 Å². The molecule has 1 N–H and O–H groups in total. The third-order valence-electron chi connectivity index (χ3n) is 4.20. The molecule has 0 saturated carbocycles. The Labute approximate surface area is 170 Å². The molecule has 0 aliphatic heterocycles. The standard InChI is InChI=1S/C22H26N2O5/c1-14-7-9-16(10-8-14)21(25)23-17(22(26)24(2)3)11-15-12-18(27-4)20(29-6)19(13-15)28-5/h7-13H,1-6H3,(H,23,25)/b17-11-. The molecule has 0 aliphatic rings. The van der Waals surface area contributed by atoms with Gasteiger partial charge in [-0.3, -0.25) is 9.59 Å². The molecule has 0 aliphatic carbocycles. The van der Waals surface area contributed by atoms with Gasteiger partial charge in [0, 0.05) is 19.7 Å². The van der Waals surface area contributed by atoms with Gasteiger partial charge in [0.15, 0.2) is 11.5 Å². The summed E-state index contributed by atoms with van der Waals surface area (Å²) in [5.41, 5.74) is 2.22. The van der Waals surface area contributed by atoms with E-state index in [0.29, 0.717) is 28.4 Å². The summed E-state index contributed by atoms with van der Waals surface area (Å²) in [5, 5.41) is 2.70. The molecule has 0 bridgehead atoms. The van der Waals surface area contributed by atoms with Crippen molar-refractivity contribution in [3.8, 4) is 17.2 Å². The van der Waals surface area contributed by atoms with Gasteiger partial charge in [0.1, 0.15) is 5.70 Å². The van der Waals surface area contributed by atoms with Crippen molar-refractivity contribution < 1.29 is 23.8 Å². The number of nitrogens with one attached hydrogen (secondary N) is 1. The Kier molecular flexibility index (Phi) is 7.25. The smallest absolute Gasteiger partial charge is 0.269 e. The summed E-state index contributed by atoms with van der Waals surface area (Å²) in [6.45, 7) is 1.94. The first kappa shape index (κ1) is 21.8. The van der Waals surface area contributed by atoms with E-state index in [4.69, 9.17) is 14.2 Å². The maximum atomic E-state index is 12.7. The van der Waals surface area contributed by atoms with Gasteiger partial charge in [-0.2, -0.15) is 0 Å². The van der Waals surface area contributed by atoms with Crippen LogP contribution in [0, 0.1) is 6.92 Å². The second-order valence-electron chi connectivity index (χ2n) is 6.54. The molecule has 154 valence electrons. The van der Waals surface area contributed by atoms with Gasteiger partial charge in [-0.1, -0.05) is 17.7 Å². The number of aryl methyl sites for hydroxylation is 1. The Hall–Kier alpha value is -3.48. The molecular formula is C22H26N2O5. The summed E-state index contributed by atoms with van der Waals surface area (Å²) >= 11 is 0. The average molecular weight is 398 g/mol. The zero-order chi connectivity index (χ0) is 21.6. The van der Waals surface area contributed by atoms with E-state index >= 15 is 0 Å². The number of likely N-dealkylation sites (N-methyl/N-ethyl adjacent to an activating group) is 1. The Morgan fingerprint density at radius 1 is 0.931 bits per heavy atom. The zero-order valence-corrected chi connectivity index (χ0v) is 17.5. The SMILES string of the molecule is COc1cc(/C=C(\NC(=O)c2ccc(C)cc2)C(=O)N(C)C)cc(OC)c1OC. The normalized spacial score (nSPS) is 10.9. The Bertz CT molecular complexity index is 892. The second-order valence-corrected chi connectivity index (χ2v) is 6.54. The number of amides is 2. The first-order valence-electron chi connectivity index (χ1n) is 8.92. The lowest BCUT2D eigenvalue weighted by molar-refractivity contribution is -0.124. The number of carbonyl (C=O) groups excluding carboxylic acids is 2. The van der Waals surface area contributed by atoms with Crippen LogP contribution in [0.2, 0.25) is 0 Å². The summed E-state index contributed by atoms with van der Waals surface area (Å²) in [4.78, 5) is 26.7. The van der Waals surface area contributed by atoms with Crippen LogP contribution in [-0.4, -0.2) is 52.1 Å². The summed E-state index contributed by atoms with van der Waals surface area (Å²) < 4.78 is 16.0. The minimum absolute atomic E-state index is 0.120. The van der Waals surface area contributed by atoms with Crippen molar-refractivity contribution in [2.75, 3.05) is 35.4 Å². The molecule has 0 spiro atoms. The van der Waals surface area contributed by atoms with E-state index in [0.717, 1.165) is 5.56 Å². The van der Waals surface area contributed by atoms with Crippen molar-refractivity contribution in [2.45, 2.75) is 6.92 Å². The van der Waals surface area contributed by atoms with Crippen molar-refractivity contribution in [3.05, 3.63) is 58.8 Å². The lowest BCUT2D eigenvalue weighted by Gasteiger charge is -2.16. The quantitative estimate of drug-likeness (QED) is 0.726. The molecule has 0 aromatic heterocycles. The van der Waals surface area contributed by atoms with Crippen LogP contribution < -0.4 is 19.5 Å². The molecule has 2 amide bonds. The van der Waals surface area contributed by atoms with E-state index in [2.05, 4.69) is 5.32 Å². The first-order valence-corrected chi connectivity index (χ1v) is 8.92. The Morgan fingerprint density at radius 2 is 1.48 bits per heavy atom. The molecular weight excluding hydrogens is 372 g/mol. The van der Waals surface area contributed by atoms with Crippen LogP contribution in [0.5, 0.6) is 17.2 Å². The van der Waals surface area contributed by atoms with Crippen LogP contribution in [-0.2, 0) is 4.79 Å². The van der Waals surface area contributed by atoms with Gasteiger partial charge in [-0.25, -0.2) is 0 Å². The molecule has 0 unspecified atom stereocenters. The number of carbonyl (C=O) groups is 2. The van der Waals surface area contributed by atoms with Crippen molar-refractivity contribution in [1.29, 1.82) is 0 Å². The third-order valence-corrected chi connectivity index (χ3v) is 4.20. The average Bonchev–Trinajstić information content (AvgIpc) is 2.72. The first-order chi connectivity index (χ1) is 13.8. The summed E-state index contributed by atoms with van der Waals surface area (Å²) in [7, 11) is 7.76. The minimum atomic E-state index is -0.376. The van der Waals surface area contributed by atoms with E-state index in [-0.39, 0.29) is 17.5 Å². The largest absolute Gasteiger partial charge is 0.493 e. The van der Waals surface area contributed by atoms with E-state index in [1.54, 1.807) is 44.4 Å². The van der Waals surface area contributed by atoms with Crippen LogP contribution >= 0.6 is 0 Å². The van der Waals surface area contributed by atoms with Gasteiger partial charge in [0.2, 0.25) is 5.75 Å². The molecule has 2 aromatic carbocycles. The third kappa shape index (κ3) is 5.28. The molecule has 2 aromatic rings. The predicted molar refractivity (Wildman–Crippen MR) is 111 cm³/mol.